The van der Waals surface area contributed by atoms with Crippen molar-refractivity contribution in [2.24, 2.45) is 0 Å². The summed E-state index contributed by atoms with van der Waals surface area (Å²) in [5.74, 6) is 0. The average Bonchev–Trinajstić information content (AvgIpc) is 2.01. The maximum atomic E-state index is 11.1. The normalized spacial score (nSPS) is 13.9. The van der Waals surface area contributed by atoms with E-state index < -0.39 is 25.1 Å². The Kier molecular flexibility index (Phi) is 7.65. The zero-order valence-electron chi connectivity index (χ0n) is 9.26. The quantitative estimate of drug-likeness (QED) is 0.500. The summed E-state index contributed by atoms with van der Waals surface area (Å²) in [6.07, 6.45) is 0. The SMILES string of the molecule is CCO[P+](=O)O[Si](C)(C)O[P+](=O)OCC. The zero-order chi connectivity index (χ0) is 11.9. The van der Waals surface area contributed by atoms with Gasteiger partial charge in [0.1, 0.15) is 13.2 Å². The number of hydrogen-bond donors (Lipinski definition) is 0. The van der Waals surface area contributed by atoms with E-state index in [1.807, 2.05) is 0 Å². The monoisotopic (exact) mass is 274 g/mol. The van der Waals surface area contributed by atoms with Crippen LogP contribution in [-0.2, 0) is 26.6 Å². The molecule has 0 fully saturated rings. The molecule has 15 heavy (non-hydrogen) atoms. The Labute approximate surface area is 92.4 Å². The van der Waals surface area contributed by atoms with E-state index in [4.69, 9.17) is 17.5 Å². The van der Waals surface area contributed by atoms with Crippen LogP contribution in [0.25, 0.3) is 0 Å². The van der Waals surface area contributed by atoms with E-state index in [0.29, 0.717) is 0 Å². The van der Waals surface area contributed by atoms with Gasteiger partial charge < -0.3 is 0 Å². The molecule has 0 aromatic rings. The molecule has 0 bridgehead atoms. The molecular formula is C6H16O6P2Si+2. The average molecular weight is 274 g/mol. The fourth-order valence-electron chi connectivity index (χ4n) is 0.639. The minimum absolute atomic E-state index is 0.289. The van der Waals surface area contributed by atoms with Gasteiger partial charge in [-0.15, -0.1) is 17.5 Å². The summed E-state index contributed by atoms with van der Waals surface area (Å²) >= 11 is 0. The van der Waals surface area contributed by atoms with Gasteiger partial charge in [-0.1, -0.05) is 0 Å². The molecule has 9 heteroatoms. The molecule has 0 aliphatic heterocycles. The Morgan fingerprint density at radius 3 is 1.53 bits per heavy atom. The molecule has 0 saturated heterocycles. The summed E-state index contributed by atoms with van der Waals surface area (Å²) < 4.78 is 41.8. The van der Waals surface area contributed by atoms with Crippen LogP contribution in [0, 0.1) is 0 Å². The van der Waals surface area contributed by atoms with Crippen molar-refractivity contribution < 1.29 is 26.6 Å². The highest BCUT2D eigenvalue weighted by Crippen LogP contribution is 2.36. The van der Waals surface area contributed by atoms with E-state index in [0.717, 1.165) is 0 Å². The third-order valence-electron chi connectivity index (χ3n) is 1.06. The standard InChI is InChI=1S/C6H16O6P2Si/c1-5-9-13(7)11-15(3,4)12-14(8)10-6-2/h5-6H2,1-4H3/q+2. The first-order valence-electron chi connectivity index (χ1n) is 4.50. The molecule has 2 atom stereocenters. The van der Waals surface area contributed by atoms with Crippen LogP contribution in [-0.4, -0.2) is 21.8 Å². The summed E-state index contributed by atoms with van der Waals surface area (Å²) in [4.78, 5) is 0. The number of rotatable bonds is 8. The summed E-state index contributed by atoms with van der Waals surface area (Å²) in [7, 11) is -7.13. The molecule has 0 aliphatic rings. The van der Waals surface area contributed by atoms with Gasteiger partial charge >= 0.3 is 25.1 Å². The smallest absolute Gasteiger partial charge is 0.136 e. The molecule has 88 valence electrons. The molecule has 0 heterocycles. The molecular weight excluding hydrogens is 258 g/mol. The Balaban J connectivity index is 4.05. The van der Waals surface area contributed by atoms with Crippen molar-refractivity contribution in [3.05, 3.63) is 0 Å². The first kappa shape index (κ1) is 15.3. The van der Waals surface area contributed by atoms with Gasteiger partial charge in [0.15, 0.2) is 0 Å². The topological polar surface area (TPSA) is 71.1 Å². The minimum atomic E-state index is -2.72. The summed E-state index contributed by atoms with van der Waals surface area (Å²) in [6, 6.07) is 0. The van der Waals surface area contributed by atoms with Crippen molar-refractivity contribution in [1.29, 1.82) is 0 Å². The predicted molar refractivity (Wildman–Crippen MR) is 58.1 cm³/mol. The van der Waals surface area contributed by atoms with Gasteiger partial charge in [0.2, 0.25) is 0 Å². The second-order valence-corrected chi connectivity index (χ2v) is 8.54. The molecule has 0 aromatic carbocycles. The van der Waals surface area contributed by atoms with Gasteiger partial charge in [0.05, 0.1) is 0 Å². The van der Waals surface area contributed by atoms with Gasteiger partial charge in [0.25, 0.3) is 0 Å². The lowest BCUT2D eigenvalue weighted by molar-refractivity contribution is 0.263. The molecule has 0 aromatic heterocycles. The second-order valence-electron chi connectivity index (χ2n) is 2.87. The van der Waals surface area contributed by atoms with Crippen molar-refractivity contribution >= 4 is 25.1 Å². The van der Waals surface area contributed by atoms with E-state index in [2.05, 4.69) is 0 Å². The first-order valence-corrected chi connectivity index (χ1v) is 9.50. The zero-order valence-corrected chi connectivity index (χ0v) is 12.0. The molecule has 0 saturated carbocycles. The van der Waals surface area contributed by atoms with Gasteiger partial charge in [-0.2, -0.15) is 0 Å². The summed E-state index contributed by atoms with van der Waals surface area (Å²) in [5.41, 5.74) is 0. The highest BCUT2D eigenvalue weighted by atomic mass is 31.1. The van der Waals surface area contributed by atoms with Crippen molar-refractivity contribution in [2.75, 3.05) is 13.2 Å². The lowest BCUT2D eigenvalue weighted by Crippen LogP contribution is -2.29. The molecule has 0 spiro atoms. The van der Waals surface area contributed by atoms with E-state index in [1.54, 1.807) is 26.9 Å². The maximum Gasteiger partial charge on any atom is 0.688 e. The van der Waals surface area contributed by atoms with Gasteiger partial charge in [0, 0.05) is 9.13 Å². The molecule has 0 amide bonds. The van der Waals surface area contributed by atoms with Crippen LogP contribution in [0.1, 0.15) is 13.8 Å². The maximum absolute atomic E-state index is 11.1. The molecule has 0 aliphatic carbocycles. The third kappa shape index (κ3) is 8.10. The van der Waals surface area contributed by atoms with E-state index in [9.17, 15) is 9.13 Å². The Morgan fingerprint density at radius 2 is 1.27 bits per heavy atom. The molecule has 0 rings (SSSR count). The molecule has 0 radical (unpaired) electrons. The van der Waals surface area contributed by atoms with Gasteiger partial charge in [-0.25, -0.2) is 0 Å². The Bertz CT molecular complexity index is 212. The summed E-state index contributed by atoms with van der Waals surface area (Å²) in [5, 5.41) is 0. The second kappa shape index (κ2) is 7.52. The predicted octanol–water partition coefficient (Wildman–Crippen LogP) is 3.11. The van der Waals surface area contributed by atoms with E-state index in [1.165, 1.54) is 0 Å². The van der Waals surface area contributed by atoms with Crippen LogP contribution in [0.3, 0.4) is 0 Å². The van der Waals surface area contributed by atoms with Crippen LogP contribution < -0.4 is 0 Å². The van der Waals surface area contributed by atoms with Crippen molar-refractivity contribution in [1.82, 2.24) is 0 Å². The highest BCUT2D eigenvalue weighted by Gasteiger charge is 2.47. The molecule has 2 unspecified atom stereocenters. The van der Waals surface area contributed by atoms with Crippen LogP contribution in [0.15, 0.2) is 0 Å². The van der Waals surface area contributed by atoms with E-state index in [-0.39, 0.29) is 13.2 Å². The Hall–Kier alpha value is 0.257. The molecule has 0 N–H and O–H groups in total. The minimum Gasteiger partial charge on any atom is -0.136 e. The first-order chi connectivity index (χ1) is 6.91. The van der Waals surface area contributed by atoms with Crippen LogP contribution in [0.4, 0.5) is 0 Å². The molecule has 6 nitrogen and oxygen atoms in total. The van der Waals surface area contributed by atoms with Crippen LogP contribution in [0.2, 0.25) is 13.1 Å². The van der Waals surface area contributed by atoms with Crippen molar-refractivity contribution in [2.45, 2.75) is 26.9 Å². The van der Waals surface area contributed by atoms with Crippen molar-refractivity contribution in [3.8, 4) is 0 Å². The fourth-order valence-corrected chi connectivity index (χ4v) is 4.79. The lowest BCUT2D eigenvalue weighted by atomic mass is 10.9. The van der Waals surface area contributed by atoms with Crippen molar-refractivity contribution in [3.63, 3.8) is 0 Å². The summed E-state index contributed by atoms with van der Waals surface area (Å²) in [6.45, 7) is 7.21. The van der Waals surface area contributed by atoms with Crippen LogP contribution >= 0.6 is 16.5 Å². The van der Waals surface area contributed by atoms with Gasteiger partial charge in [-0.05, 0) is 26.9 Å². The highest BCUT2D eigenvalue weighted by molar-refractivity contribution is 7.38. The lowest BCUT2D eigenvalue weighted by Gasteiger charge is -2.04. The number of hydrogen-bond acceptors (Lipinski definition) is 6. The third-order valence-corrected chi connectivity index (χ3v) is 6.71. The Morgan fingerprint density at radius 1 is 0.933 bits per heavy atom. The van der Waals surface area contributed by atoms with E-state index >= 15 is 0 Å². The van der Waals surface area contributed by atoms with Gasteiger partial charge in [-0.3, -0.25) is 0 Å². The van der Waals surface area contributed by atoms with Crippen LogP contribution in [0.5, 0.6) is 0 Å². The fraction of sp³-hybridized carbons (Fsp3) is 1.00. The largest absolute Gasteiger partial charge is 0.688 e.